The molecule has 134 valence electrons. The minimum absolute atomic E-state index is 0.458. The average Bonchev–Trinajstić information content (AvgIpc) is 3.43. The SMILES string of the molecule is Cc1ccsc1-c1cc2c(s1)c1c(c3nonc32)CC(c2sccc2C)S1. The number of benzene rings is 1. The van der Waals surface area contributed by atoms with Gasteiger partial charge in [-0.25, -0.2) is 4.63 Å². The van der Waals surface area contributed by atoms with E-state index < -0.39 is 0 Å². The number of fused-ring (bicyclic) bond motifs is 6. The van der Waals surface area contributed by atoms with Crippen LogP contribution in [0.2, 0.25) is 0 Å². The van der Waals surface area contributed by atoms with Crippen LogP contribution in [0.3, 0.4) is 0 Å². The maximum absolute atomic E-state index is 5.17. The molecule has 1 aromatic carbocycles. The standard InChI is InChI=1S/C20H14N2OS4/c1-9-3-5-24-17(9)13-7-11-15-16(22-23-21-15)12-8-14(18-10(2)4-6-25-18)27-20(12)19(11)26-13/h3-7,14H,8H2,1-2H3. The third-order valence-electron chi connectivity index (χ3n) is 5.17. The van der Waals surface area contributed by atoms with Gasteiger partial charge in [-0.15, -0.1) is 45.8 Å². The third-order valence-corrected chi connectivity index (χ3v) is 10.3. The van der Waals surface area contributed by atoms with Crippen LogP contribution in [-0.2, 0) is 6.42 Å². The molecule has 4 aromatic heterocycles. The van der Waals surface area contributed by atoms with Gasteiger partial charge in [0.1, 0.15) is 11.0 Å². The Morgan fingerprint density at radius 2 is 1.85 bits per heavy atom. The maximum Gasteiger partial charge on any atom is 0.144 e. The number of aromatic nitrogens is 2. The summed E-state index contributed by atoms with van der Waals surface area (Å²) in [6.45, 7) is 4.39. The van der Waals surface area contributed by atoms with Gasteiger partial charge in [-0.3, -0.25) is 0 Å². The van der Waals surface area contributed by atoms with E-state index in [1.165, 1.54) is 46.3 Å². The van der Waals surface area contributed by atoms with Crippen LogP contribution >= 0.6 is 45.8 Å². The number of hydrogen-bond donors (Lipinski definition) is 0. The highest BCUT2D eigenvalue weighted by atomic mass is 32.2. The molecule has 1 unspecified atom stereocenters. The molecule has 5 heterocycles. The van der Waals surface area contributed by atoms with Gasteiger partial charge in [0.15, 0.2) is 0 Å². The summed E-state index contributed by atoms with van der Waals surface area (Å²) >= 11 is 7.53. The minimum atomic E-state index is 0.458. The van der Waals surface area contributed by atoms with Crippen molar-refractivity contribution in [3.05, 3.63) is 50.5 Å². The Kier molecular flexibility index (Phi) is 3.57. The highest BCUT2D eigenvalue weighted by molar-refractivity contribution is 8.00. The molecule has 3 nitrogen and oxygen atoms in total. The van der Waals surface area contributed by atoms with Crippen LogP contribution in [0.5, 0.6) is 0 Å². The normalized spacial score (nSPS) is 16.6. The van der Waals surface area contributed by atoms with Gasteiger partial charge in [-0.1, -0.05) is 0 Å². The van der Waals surface area contributed by atoms with Gasteiger partial charge in [-0.2, -0.15) is 0 Å². The molecule has 0 amide bonds. The fourth-order valence-corrected chi connectivity index (χ4v) is 8.92. The summed E-state index contributed by atoms with van der Waals surface area (Å²) in [4.78, 5) is 5.51. The molecule has 0 saturated heterocycles. The lowest BCUT2D eigenvalue weighted by molar-refractivity contribution is 0.315. The van der Waals surface area contributed by atoms with Crippen LogP contribution in [-0.4, -0.2) is 10.3 Å². The van der Waals surface area contributed by atoms with Crippen molar-refractivity contribution in [2.75, 3.05) is 0 Å². The Labute approximate surface area is 172 Å². The average molecular weight is 427 g/mol. The topological polar surface area (TPSA) is 38.9 Å². The Morgan fingerprint density at radius 1 is 1.04 bits per heavy atom. The summed E-state index contributed by atoms with van der Waals surface area (Å²) in [5.41, 5.74) is 5.87. The van der Waals surface area contributed by atoms with E-state index in [1.54, 1.807) is 11.3 Å². The summed E-state index contributed by atoms with van der Waals surface area (Å²) in [7, 11) is 0. The van der Waals surface area contributed by atoms with Crippen molar-refractivity contribution in [1.29, 1.82) is 0 Å². The summed E-state index contributed by atoms with van der Waals surface area (Å²) in [5.74, 6) is 0. The zero-order valence-electron chi connectivity index (χ0n) is 14.6. The molecule has 27 heavy (non-hydrogen) atoms. The summed E-state index contributed by atoms with van der Waals surface area (Å²) in [6.07, 6.45) is 0.993. The molecule has 6 rings (SSSR count). The maximum atomic E-state index is 5.17. The lowest BCUT2D eigenvalue weighted by atomic mass is 10.0. The van der Waals surface area contributed by atoms with E-state index in [9.17, 15) is 0 Å². The van der Waals surface area contributed by atoms with Crippen LogP contribution in [0.25, 0.3) is 30.9 Å². The molecule has 7 heteroatoms. The third kappa shape index (κ3) is 2.32. The number of thioether (sulfide) groups is 1. The monoisotopic (exact) mass is 426 g/mol. The molecule has 0 fully saturated rings. The molecule has 0 saturated carbocycles. The van der Waals surface area contributed by atoms with Crippen LogP contribution in [0.1, 0.15) is 26.8 Å². The van der Waals surface area contributed by atoms with E-state index in [4.69, 9.17) is 4.63 Å². The van der Waals surface area contributed by atoms with Gasteiger partial charge in [0.2, 0.25) is 0 Å². The number of thiophene rings is 3. The Balaban J connectivity index is 1.60. The largest absolute Gasteiger partial charge is 0.243 e. The van der Waals surface area contributed by atoms with Crippen molar-refractivity contribution in [3.63, 3.8) is 0 Å². The second kappa shape index (κ2) is 5.91. The van der Waals surface area contributed by atoms with Gasteiger partial charge < -0.3 is 0 Å². The first-order valence-corrected chi connectivity index (χ1v) is 12.1. The number of nitrogens with zero attached hydrogens (tertiary/aromatic N) is 2. The highest BCUT2D eigenvalue weighted by Crippen LogP contribution is 2.55. The van der Waals surface area contributed by atoms with E-state index in [-0.39, 0.29) is 0 Å². The summed E-state index contributed by atoms with van der Waals surface area (Å²) in [6, 6.07) is 6.68. The first kappa shape index (κ1) is 16.3. The van der Waals surface area contributed by atoms with Crippen LogP contribution in [0.15, 0.2) is 38.5 Å². The van der Waals surface area contributed by atoms with Crippen molar-refractivity contribution >= 4 is 66.9 Å². The quantitative estimate of drug-likeness (QED) is 0.298. The molecule has 0 bridgehead atoms. The fraction of sp³-hybridized carbons (Fsp3) is 0.200. The van der Waals surface area contributed by atoms with Gasteiger partial charge in [0, 0.05) is 35.7 Å². The Bertz CT molecular complexity index is 1320. The smallest absolute Gasteiger partial charge is 0.144 e. The van der Waals surface area contributed by atoms with Crippen molar-refractivity contribution in [1.82, 2.24) is 10.3 Å². The number of aryl methyl sites for hydroxylation is 2. The van der Waals surface area contributed by atoms with E-state index >= 15 is 0 Å². The lowest BCUT2D eigenvalue weighted by Gasteiger charge is -2.06. The second-order valence-corrected chi connectivity index (χ2v) is 11.0. The van der Waals surface area contributed by atoms with Crippen LogP contribution in [0, 0.1) is 13.8 Å². The second-order valence-electron chi connectivity index (χ2n) is 6.83. The Hall–Kier alpha value is -1.67. The van der Waals surface area contributed by atoms with Crippen molar-refractivity contribution < 1.29 is 4.63 Å². The predicted molar refractivity (Wildman–Crippen MR) is 117 cm³/mol. The van der Waals surface area contributed by atoms with Gasteiger partial charge >= 0.3 is 0 Å². The molecule has 0 aliphatic carbocycles. The molecule has 1 atom stereocenters. The molecule has 1 aliphatic rings. The van der Waals surface area contributed by atoms with Gasteiger partial charge in [-0.05, 0) is 70.7 Å². The minimum Gasteiger partial charge on any atom is -0.243 e. The zero-order chi connectivity index (χ0) is 18.1. The van der Waals surface area contributed by atoms with E-state index in [2.05, 4.69) is 53.1 Å². The van der Waals surface area contributed by atoms with Crippen LogP contribution in [0.4, 0.5) is 0 Å². The predicted octanol–water partition coefficient (Wildman–Crippen LogP) is 7.23. The van der Waals surface area contributed by atoms with Crippen LogP contribution < -0.4 is 0 Å². The summed E-state index contributed by atoms with van der Waals surface area (Å²) < 4.78 is 6.50. The van der Waals surface area contributed by atoms with E-state index in [1.807, 2.05) is 34.4 Å². The lowest BCUT2D eigenvalue weighted by Crippen LogP contribution is -1.91. The molecule has 0 spiro atoms. The molecule has 0 radical (unpaired) electrons. The number of rotatable bonds is 2. The molecule has 1 aliphatic heterocycles. The molecule has 0 N–H and O–H groups in total. The molecule has 5 aromatic rings. The first-order valence-electron chi connectivity index (χ1n) is 8.66. The van der Waals surface area contributed by atoms with E-state index in [0.29, 0.717) is 5.25 Å². The number of hydrogen-bond acceptors (Lipinski definition) is 7. The highest BCUT2D eigenvalue weighted by Gasteiger charge is 2.32. The molecular weight excluding hydrogens is 413 g/mol. The molecular formula is C20H14N2OS4. The van der Waals surface area contributed by atoms with Gasteiger partial charge in [0.05, 0.1) is 4.70 Å². The van der Waals surface area contributed by atoms with Crippen molar-refractivity contribution in [2.45, 2.75) is 30.4 Å². The van der Waals surface area contributed by atoms with Crippen molar-refractivity contribution in [2.24, 2.45) is 0 Å². The van der Waals surface area contributed by atoms with E-state index in [0.717, 1.165) is 17.5 Å². The zero-order valence-corrected chi connectivity index (χ0v) is 17.9. The summed E-state index contributed by atoms with van der Waals surface area (Å²) in [5, 5.41) is 14.5. The van der Waals surface area contributed by atoms with Crippen molar-refractivity contribution in [3.8, 4) is 9.75 Å². The first-order chi connectivity index (χ1) is 13.2. The fourth-order valence-electron chi connectivity index (χ4n) is 3.82. The Morgan fingerprint density at radius 3 is 2.63 bits per heavy atom. The van der Waals surface area contributed by atoms with Gasteiger partial charge in [0.25, 0.3) is 0 Å².